The molecule has 0 spiro atoms. The summed E-state index contributed by atoms with van der Waals surface area (Å²) in [6.45, 7) is 3.16. The predicted molar refractivity (Wildman–Crippen MR) is 71.2 cm³/mol. The maximum absolute atomic E-state index is 4.54. The van der Waals surface area contributed by atoms with E-state index in [1.165, 1.54) is 31.4 Å². The zero-order valence-electron chi connectivity index (χ0n) is 10.2. The third kappa shape index (κ3) is 3.44. The van der Waals surface area contributed by atoms with E-state index in [1.807, 2.05) is 11.8 Å². The highest BCUT2D eigenvalue weighted by molar-refractivity contribution is 7.98. The van der Waals surface area contributed by atoms with Gasteiger partial charge in [-0.3, -0.25) is 0 Å². The molecule has 0 radical (unpaired) electrons. The third-order valence-electron chi connectivity index (χ3n) is 2.81. The Balaban J connectivity index is 1.85. The van der Waals surface area contributed by atoms with E-state index in [0.717, 1.165) is 18.2 Å². The zero-order chi connectivity index (χ0) is 11.4. The Morgan fingerprint density at radius 3 is 3.00 bits per heavy atom. The molecule has 2 rings (SSSR count). The van der Waals surface area contributed by atoms with Gasteiger partial charge in [-0.25, -0.2) is 4.98 Å². The monoisotopic (exact) mass is 239 g/mol. The lowest BCUT2D eigenvalue weighted by molar-refractivity contribution is 0.638. The van der Waals surface area contributed by atoms with Crippen LogP contribution in [0.25, 0.3) is 0 Å². The molecule has 4 heteroatoms. The Labute approximate surface area is 102 Å². The number of nitrogens with zero attached hydrogens (tertiary/aromatic N) is 2. The van der Waals surface area contributed by atoms with Gasteiger partial charge in [0.25, 0.3) is 0 Å². The number of imidazole rings is 1. The molecular weight excluding hydrogens is 218 g/mol. The van der Waals surface area contributed by atoms with Gasteiger partial charge in [-0.05, 0) is 44.6 Å². The first-order valence-corrected chi connectivity index (χ1v) is 7.48. The number of rotatable bonds is 7. The summed E-state index contributed by atoms with van der Waals surface area (Å²) in [5.74, 6) is 2.34. The fraction of sp³-hybridized carbons (Fsp3) is 0.750. The molecule has 1 N–H and O–H groups in total. The molecule has 1 aromatic rings. The van der Waals surface area contributed by atoms with Gasteiger partial charge >= 0.3 is 0 Å². The van der Waals surface area contributed by atoms with Crippen LogP contribution in [0.2, 0.25) is 0 Å². The van der Waals surface area contributed by atoms with Crippen molar-refractivity contribution >= 4 is 17.7 Å². The molecule has 1 heterocycles. The van der Waals surface area contributed by atoms with Crippen molar-refractivity contribution < 1.29 is 0 Å². The van der Waals surface area contributed by atoms with Gasteiger partial charge in [-0.15, -0.1) is 0 Å². The smallest absolute Gasteiger partial charge is 0.203 e. The number of hydrogen-bond donors (Lipinski definition) is 1. The van der Waals surface area contributed by atoms with E-state index in [0.29, 0.717) is 6.04 Å². The molecule has 0 saturated heterocycles. The number of nitrogens with one attached hydrogen (secondary N) is 1. The quantitative estimate of drug-likeness (QED) is 0.742. The van der Waals surface area contributed by atoms with Gasteiger partial charge in [-0.2, -0.15) is 11.8 Å². The van der Waals surface area contributed by atoms with Crippen molar-refractivity contribution in [2.45, 2.75) is 45.2 Å². The van der Waals surface area contributed by atoms with Crippen molar-refractivity contribution in [3.63, 3.8) is 0 Å². The molecular formula is C12H21N3S. The number of hydrogen-bond acceptors (Lipinski definition) is 3. The molecule has 1 aliphatic carbocycles. The SMILES string of the molecule is CSCCCCn1cc(C)nc1NC1CC1. The molecule has 0 amide bonds. The Morgan fingerprint density at radius 1 is 1.50 bits per heavy atom. The highest BCUT2D eigenvalue weighted by atomic mass is 32.2. The van der Waals surface area contributed by atoms with Gasteiger partial charge in [0.15, 0.2) is 0 Å². The minimum atomic E-state index is 0.687. The van der Waals surface area contributed by atoms with Gasteiger partial charge in [0.1, 0.15) is 0 Å². The Morgan fingerprint density at radius 2 is 2.31 bits per heavy atom. The number of thioether (sulfide) groups is 1. The fourth-order valence-corrected chi connectivity index (χ4v) is 2.26. The number of anilines is 1. The second-order valence-corrected chi connectivity index (χ2v) is 5.50. The normalized spacial score (nSPS) is 15.4. The maximum Gasteiger partial charge on any atom is 0.203 e. The van der Waals surface area contributed by atoms with Crippen molar-refractivity contribution in [1.82, 2.24) is 9.55 Å². The van der Waals surface area contributed by atoms with Crippen LogP contribution >= 0.6 is 11.8 Å². The van der Waals surface area contributed by atoms with Gasteiger partial charge in [0, 0.05) is 18.8 Å². The molecule has 1 fully saturated rings. The first-order chi connectivity index (χ1) is 7.79. The number of aryl methyl sites for hydroxylation is 2. The molecule has 0 aliphatic heterocycles. The summed E-state index contributed by atoms with van der Waals surface area (Å²) in [4.78, 5) is 4.54. The van der Waals surface area contributed by atoms with Crippen LogP contribution in [0.15, 0.2) is 6.20 Å². The van der Waals surface area contributed by atoms with E-state index in [9.17, 15) is 0 Å². The van der Waals surface area contributed by atoms with Crippen LogP contribution < -0.4 is 5.32 Å². The van der Waals surface area contributed by atoms with E-state index in [2.05, 4.69) is 34.2 Å². The first-order valence-electron chi connectivity index (χ1n) is 6.09. The standard InChI is InChI=1S/C12H21N3S/c1-10-9-15(7-3-4-8-16-2)12(13-10)14-11-5-6-11/h9,11H,3-8H2,1-2H3,(H,13,14). The van der Waals surface area contributed by atoms with Gasteiger partial charge in [0.2, 0.25) is 5.95 Å². The van der Waals surface area contributed by atoms with Crippen molar-refractivity contribution in [3.8, 4) is 0 Å². The van der Waals surface area contributed by atoms with Crippen molar-refractivity contribution in [3.05, 3.63) is 11.9 Å². The lowest BCUT2D eigenvalue weighted by Crippen LogP contribution is -2.09. The molecule has 90 valence electrons. The van der Waals surface area contributed by atoms with Crippen LogP contribution in [0, 0.1) is 6.92 Å². The van der Waals surface area contributed by atoms with E-state index in [1.54, 1.807) is 0 Å². The van der Waals surface area contributed by atoms with Crippen LogP contribution in [0.1, 0.15) is 31.4 Å². The van der Waals surface area contributed by atoms with Gasteiger partial charge < -0.3 is 9.88 Å². The summed E-state index contributed by atoms with van der Waals surface area (Å²) in [5.41, 5.74) is 1.12. The van der Waals surface area contributed by atoms with Crippen LogP contribution in [-0.2, 0) is 6.54 Å². The fourth-order valence-electron chi connectivity index (χ4n) is 1.77. The third-order valence-corrected chi connectivity index (χ3v) is 3.50. The molecule has 1 aromatic heterocycles. The van der Waals surface area contributed by atoms with E-state index >= 15 is 0 Å². The summed E-state index contributed by atoms with van der Waals surface area (Å²) < 4.78 is 2.27. The average Bonchev–Trinajstić information content (AvgIpc) is 2.99. The molecule has 0 unspecified atom stereocenters. The molecule has 16 heavy (non-hydrogen) atoms. The molecule has 3 nitrogen and oxygen atoms in total. The largest absolute Gasteiger partial charge is 0.353 e. The lowest BCUT2D eigenvalue weighted by atomic mass is 10.3. The van der Waals surface area contributed by atoms with E-state index < -0.39 is 0 Å². The minimum absolute atomic E-state index is 0.687. The average molecular weight is 239 g/mol. The summed E-state index contributed by atoms with van der Waals surface area (Å²) in [5, 5.41) is 3.49. The molecule has 1 aliphatic rings. The zero-order valence-corrected chi connectivity index (χ0v) is 11.0. The Hall–Kier alpha value is -0.640. The van der Waals surface area contributed by atoms with Gasteiger partial charge in [-0.1, -0.05) is 0 Å². The lowest BCUT2D eigenvalue weighted by Gasteiger charge is -2.08. The molecule has 0 atom stereocenters. The van der Waals surface area contributed by atoms with E-state index in [-0.39, 0.29) is 0 Å². The summed E-state index contributed by atoms with van der Waals surface area (Å²) in [6.07, 6.45) is 9.47. The first kappa shape index (κ1) is 11.8. The van der Waals surface area contributed by atoms with Gasteiger partial charge in [0.05, 0.1) is 5.69 Å². The Kier molecular flexibility index (Phi) is 4.16. The van der Waals surface area contributed by atoms with Crippen LogP contribution in [0.3, 0.4) is 0 Å². The molecule has 1 saturated carbocycles. The molecule has 0 aromatic carbocycles. The Bertz CT molecular complexity index is 331. The second kappa shape index (κ2) is 5.62. The minimum Gasteiger partial charge on any atom is -0.353 e. The second-order valence-electron chi connectivity index (χ2n) is 4.52. The number of unbranched alkanes of at least 4 members (excludes halogenated alkanes) is 1. The predicted octanol–water partition coefficient (Wildman–Crippen LogP) is 2.91. The van der Waals surface area contributed by atoms with Crippen molar-refractivity contribution in [2.24, 2.45) is 0 Å². The van der Waals surface area contributed by atoms with Crippen molar-refractivity contribution in [1.29, 1.82) is 0 Å². The van der Waals surface area contributed by atoms with Crippen LogP contribution in [0.4, 0.5) is 5.95 Å². The topological polar surface area (TPSA) is 29.9 Å². The van der Waals surface area contributed by atoms with Crippen LogP contribution in [-0.4, -0.2) is 27.6 Å². The highest BCUT2D eigenvalue weighted by Crippen LogP contribution is 2.24. The summed E-state index contributed by atoms with van der Waals surface area (Å²) in [6, 6.07) is 0.687. The highest BCUT2D eigenvalue weighted by Gasteiger charge is 2.22. The van der Waals surface area contributed by atoms with Crippen molar-refractivity contribution in [2.75, 3.05) is 17.3 Å². The summed E-state index contributed by atoms with van der Waals surface area (Å²) in [7, 11) is 0. The molecule has 0 bridgehead atoms. The maximum atomic E-state index is 4.54. The number of aromatic nitrogens is 2. The summed E-state index contributed by atoms with van der Waals surface area (Å²) >= 11 is 1.93. The van der Waals surface area contributed by atoms with Crippen LogP contribution in [0.5, 0.6) is 0 Å². The van der Waals surface area contributed by atoms with E-state index in [4.69, 9.17) is 0 Å².